The lowest BCUT2D eigenvalue weighted by Gasteiger charge is -2.42. The SMILES string of the molecule is N#Cc1ccc(N2CCC(N3CCCC(C(=O)NC4CC4)C3)CC2)nc1. The number of anilines is 1. The lowest BCUT2D eigenvalue weighted by atomic mass is 9.93. The minimum absolute atomic E-state index is 0.169. The molecule has 3 aliphatic rings. The van der Waals surface area contributed by atoms with Gasteiger partial charge in [-0.05, 0) is 57.2 Å². The van der Waals surface area contributed by atoms with Crippen molar-refractivity contribution >= 4 is 11.7 Å². The predicted octanol–water partition coefficient (Wildman–Crippen LogP) is 1.91. The normalized spacial score (nSPS) is 24.9. The second-order valence-electron chi connectivity index (χ2n) is 7.85. The number of nitriles is 1. The molecule has 0 radical (unpaired) electrons. The Balaban J connectivity index is 1.29. The molecule has 1 aliphatic carbocycles. The molecule has 138 valence electrons. The first kappa shape index (κ1) is 17.3. The van der Waals surface area contributed by atoms with Gasteiger partial charge in [0.25, 0.3) is 0 Å². The highest BCUT2D eigenvalue weighted by Gasteiger charge is 2.33. The Morgan fingerprint density at radius 3 is 2.62 bits per heavy atom. The smallest absolute Gasteiger partial charge is 0.224 e. The number of nitrogens with zero attached hydrogens (tertiary/aromatic N) is 4. The van der Waals surface area contributed by atoms with Crippen LogP contribution in [0.1, 0.15) is 44.1 Å². The summed E-state index contributed by atoms with van der Waals surface area (Å²) in [5, 5.41) is 12.1. The molecule has 1 aromatic heterocycles. The number of likely N-dealkylation sites (tertiary alicyclic amines) is 1. The van der Waals surface area contributed by atoms with Gasteiger partial charge in [-0.15, -0.1) is 0 Å². The van der Waals surface area contributed by atoms with E-state index in [0.29, 0.717) is 17.6 Å². The zero-order chi connectivity index (χ0) is 17.9. The summed E-state index contributed by atoms with van der Waals surface area (Å²) < 4.78 is 0. The molecule has 1 unspecified atom stereocenters. The first-order valence-corrected chi connectivity index (χ1v) is 9.88. The van der Waals surface area contributed by atoms with Gasteiger partial charge in [0, 0.05) is 37.9 Å². The number of nitrogens with one attached hydrogen (secondary N) is 1. The van der Waals surface area contributed by atoms with Crippen LogP contribution in [0.5, 0.6) is 0 Å². The van der Waals surface area contributed by atoms with Gasteiger partial charge in [-0.25, -0.2) is 4.98 Å². The average Bonchev–Trinajstić information content (AvgIpc) is 3.52. The fourth-order valence-electron chi connectivity index (χ4n) is 4.20. The summed E-state index contributed by atoms with van der Waals surface area (Å²) in [6.07, 6.45) is 8.34. The van der Waals surface area contributed by atoms with E-state index in [2.05, 4.69) is 26.2 Å². The number of carbonyl (C=O) groups is 1. The van der Waals surface area contributed by atoms with Crippen LogP contribution in [0.2, 0.25) is 0 Å². The quantitative estimate of drug-likeness (QED) is 0.895. The molecule has 1 N–H and O–H groups in total. The Hall–Kier alpha value is -2.13. The van der Waals surface area contributed by atoms with E-state index in [4.69, 9.17) is 5.26 Å². The molecule has 26 heavy (non-hydrogen) atoms. The number of aromatic nitrogens is 1. The van der Waals surface area contributed by atoms with Gasteiger partial charge in [0.2, 0.25) is 5.91 Å². The van der Waals surface area contributed by atoms with Crippen LogP contribution in [0.3, 0.4) is 0 Å². The first-order valence-electron chi connectivity index (χ1n) is 9.88. The minimum Gasteiger partial charge on any atom is -0.357 e. The molecule has 6 nitrogen and oxygen atoms in total. The van der Waals surface area contributed by atoms with Crippen LogP contribution < -0.4 is 10.2 Å². The van der Waals surface area contributed by atoms with E-state index in [1.807, 2.05) is 12.1 Å². The molecule has 2 saturated heterocycles. The summed E-state index contributed by atoms with van der Waals surface area (Å²) in [6.45, 7) is 4.00. The number of hydrogen-bond acceptors (Lipinski definition) is 5. The summed E-state index contributed by atoms with van der Waals surface area (Å²) in [6, 6.07) is 6.92. The van der Waals surface area contributed by atoms with Crippen LogP contribution in [-0.2, 0) is 4.79 Å². The van der Waals surface area contributed by atoms with Gasteiger partial charge in [0.1, 0.15) is 11.9 Å². The van der Waals surface area contributed by atoms with Crippen LogP contribution in [0.4, 0.5) is 5.82 Å². The van der Waals surface area contributed by atoms with Gasteiger partial charge < -0.3 is 10.2 Å². The Bertz CT molecular complexity index is 670. The van der Waals surface area contributed by atoms with Crippen molar-refractivity contribution in [3.63, 3.8) is 0 Å². The second kappa shape index (κ2) is 7.63. The fourth-order valence-corrected chi connectivity index (χ4v) is 4.20. The molecule has 4 rings (SSSR count). The van der Waals surface area contributed by atoms with Crippen molar-refractivity contribution in [1.29, 1.82) is 5.26 Å². The van der Waals surface area contributed by atoms with E-state index in [-0.39, 0.29) is 11.8 Å². The largest absolute Gasteiger partial charge is 0.357 e. The van der Waals surface area contributed by atoms with Gasteiger partial charge >= 0.3 is 0 Å². The standard InChI is InChI=1S/C20H27N5O/c21-12-15-3-6-19(22-13-15)24-10-7-18(8-11-24)25-9-1-2-16(14-25)20(26)23-17-4-5-17/h3,6,13,16-18H,1-2,4-5,7-11,14H2,(H,23,26). The third kappa shape index (κ3) is 3.99. The lowest BCUT2D eigenvalue weighted by molar-refractivity contribution is -0.127. The Morgan fingerprint density at radius 2 is 1.96 bits per heavy atom. The molecule has 0 bridgehead atoms. The minimum atomic E-state index is 0.169. The van der Waals surface area contributed by atoms with Crippen molar-refractivity contribution in [2.45, 2.75) is 50.6 Å². The van der Waals surface area contributed by atoms with Crippen molar-refractivity contribution in [3.05, 3.63) is 23.9 Å². The van der Waals surface area contributed by atoms with Crippen molar-refractivity contribution in [3.8, 4) is 6.07 Å². The number of carbonyl (C=O) groups excluding carboxylic acids is 1. The first-order chi connectivity index (χ1) is 12.7. The summed E-state index contributed by atoms with van der Waals surface area (Å²) in [4.78, 5) is 21.7. The van der Waals surface area contributed by atoms with E-state index < -0.39 is 0 Å². The molecule has 1 aromatic rings. The molecule has 3 fully saturated rings. The van der Waals surface area contributed by atoms with E-state index in [1.165, 1.54) is 0 Å². The molecular weight excluding hydrogens is 326 g/mol. The molecular formula is C20H27N5O. The Labute approximate surface area is 155 Å². The average molecular weight is 353 g/mol. The Morgan fingerprint density at radius 1 is 1.15 bits per heavy atom. The van der Waals surface area contributed by atoms with Crippen molar-refractivity contribution in [1.82, 2.24) is 15.2 Å². The molecule has 0 spiro atoms. The van der Waals surface area contributed by atoms with Gasteiger partial charge in [-0.1, -0.05) is 0 Å². The number of piperidine rings is 2. The third-order valence-corrected chi connectivity index (χ3v) is 5.93. The van der Waals surface area contributed by atoms with Gasteiger partial charge in [-0.3, -0.25) is 9.69 Å². The molecule has 0 aromatic carbocycles. The summed E-state index contributed by atoms with van der Waals surface area (Å²) >= 11 is 0. The van der Waals surface area contributed by atoms with Gasteiger partial charge in [0.05, 0.1) is 11.5 Å². The molecule has 1 amide bonds. The predicted molar refractivity (Wildman–Crippen MR) is 99.6 cm³/mol. The summed E-state index contributed by atoms with van der Waals surface area (Å²) in [7, 11) is 0. The summed E-state index contributed by atoms with van der Waals surface area (Å²) in [5.74, 6) is 1.40. The van der Waals surface area contributed by atoms with E-state index in [0.717, 1.165) is 70.5 Å². The van der Waals surface area contributed by atoms with Crippen molar-refractivity contribution in [2.75, 3.05) is 31.1 Å². The topological polar surface area (TPSA) is 72.3 Å². The number of hydrogen-bond donors (Lipinski definition) is 1. The maximum atomic E-state index is 12.4. The molecule has 1 atom stereocenters. The monoisotopic (exact) mass is 353 g/mol. The number of amides is 1. The summed E-state index contributed by atoms with van der Waals surface area (Å²) in [5.41, 5.74) is 0.604. The molecule has 6 heteroatoms. The molecule has 1 saturated carbocycles. The highest BCUT2D eigenvalue weighted by Crippen LogP contribution is 2.27. The van der Waals surface area contributed by atoms with E-state index >= 15 is 0 Å². The molecule has 3 heterocycles. The van der Waals surface area contributed by atoms with Crippen LogP contribution >= 0.6 is 0 Å². The third-order valence-electron chi connectivity index (χ3n) is 5.93. The van der Waals surface area contributed by atoms with Crippen LogP contribution in [-0.4, -0.2) is 54.1 Å². The second-order valence-corrected chi connectivity index (χ2v) is 7.85. The zero-order valence-electron chi connectivity index (χ0n) is 15.2. The maximum Gasteiger partial charge on any atom is 0.224 e. The zero-order valence-corrected chi connectivity index (χ0v) is 15.2. The number of pyridine rings is 1. The van der Waals surface area contributed by atoms with Crippen molar-refractivity contribution in [2.24, 2.45) is 5.92 Å². The highest BCUT2D eigenvalue weighted by atomic mass is 16.2. The van der Waals surface area contributed by atoms with E-state index in [9.17, 15) is 4.79 Å². The van der Waals surface area contributed by atoms with Crippen LogP contribution in [0.25, 0.3) is 0 Å². The van der Waals surface area contributed by atoms with E-state index in [1.54, 1.807) is 6.20 Å². The fraction of sp³-hybridized carbons (Fsp3) is 0.650. The van der Waals surface area contributed by atoms with Crippen LogP contribution in [0.15, 0.2) is 18.3 Å². The van der Waals surface area contributed by atoms with Gasteiger partial charge in [-0.2, -0.15) is 5.26 Å². The highest BCUT2D eigenvalue weighted by molar-refractivity contribution is 5.79. The van der Waals surface area contributed by atoms with Gasteiger partial charge in [0.15, 0.2) is 0 Å². The van der Waals surface area contributed by atoms with Crippen LogP contribution in [0, 0.1) is 17.2 Å². The Kier molecular flexibility index (Phi) is 5.07. The van der Waals surface area contributed by atoms with Crippen molar-refractivity contribution < 1.29 is 4.79 Å². The molecule has 2 aliphatic heterocycles. The number of rotatable bonds is 4. The lowest BCUT2D eigenvalue weighted by Crippen LogP contribution is -2.51. The maximum absolute atomic E-state index is 12.4.